The van der Waals surface area contributed by atoms with Crippen molar-refractivity contribution in [3.05, 3.63) is 77.6 Å². The summed E-state index contributed by atoms with van der Waals surface area (Å²) in [5.41, 5.74) is 8.06. The van der Waals surface area contributed by atoms with E-state index in [1.165, 1.54) is 24.4 Å². The number of hydrogen-bond acceptors (Lipinski definition) is 4. The molecule has 1 aromatic heterocycles. The van der Waals surface area contributed by atoms with Crippen molar-refractivity contribution in [1.29, 1.82) is 0 Å². The zero-order valence-electron chi connectivity index (χ0n) is 16.4. The van der Waals surface area contributed by atoms with Gasteiger partial charge in [0.1, 0.15) is 11.6 Å². The van der Waals surface area contributed by atoms with Gasteiger partial charge in [0.15, 0.2) is 0 Å². The van der Waals surface area contributed by atoms with Gasteiger partial charge in [-0.1, -0.05) is 30.3 Å². The first-order valence-corrected chi connectivity index (χ1v) is 9.94. The third-order valence-corrected chi connectivity index (χ3v) is 5.41. The molecule has 1 aliphatic rings. The molecule has 1 saturated heterocycles. The average Bonchev–Trinajstić information content (AvgIpc) is 2.76. The highest BCUT2D eigenvalue weighted by atomic mass is 19.1. The number of rotatable bonds is 4. The Hall–Kier alpha value is -3.35. The number of nitrogens with zero attached hydrogens (tertiary/aromatic N) is 3. The second-order valence-corrected chi connectivity index (χ2v) is 7.41. The molecule has 0 spiro atoms. The average molecular weight is 408 g/mol. The van der Waals surface area contributed by atoms with Gasteiger partial charge < -0.3 is 10.6 Å². The molecule has 0 unspecified atom stereocenters. The van der Waals surface area contributed by atoms with Gasteiger partial charge in [-0.15, -0.1) is 0 Å². The highest BCUT2D eigenvalue weighted by molar-refractivity contribution is 5.80. The van der Waals surface area contributed by atoms with E-state index in [-0.39, 0.29) is 36.0 Å². The largest absolute Gasteiger partial charge is 0.368 e. The highest BCUT2D eigenvalue weighted by Gasteiger charge is 2.31. The summed E-state index contributed by atoms with van der Waals surface area (Å²) in [5.74, 6) is -0.718. The van der Waals surface area contributed by atoms with E-state index in [0.717, 1.165) is 18.4 Å². The Morgan fingerprint density at radius 2 is 1.83 bits per heavy atom. The van der Waals surface area contributed by atoms with Crippen molar-refractivity contribution in [3.8, 4) is 11.1 Å². The molecular weight excluding hydrogens is 386 g/mol. The third-order valence-electron chi connectivity index (χ3n) is 5.41. The predicted octanol–water partition coefficient (Wildman–Crippen LogP) is 4.30. The van der Waals surface area contributed by atoms with E-state index < -0.39 is 0 Å². The molecule has 0 bridgehead atoms. The lowest BCUT2D eigenvalue weighted by Crippen LogP contribution is -2.40. The van der Waals surface area contributed by atoms with E-state index in [0.29, 0.717) is 29.8 Å². The Kier molecular flexibility index (Phi) is 5.70. The highest BCUT2D eigenvalue weighted by Crippen LogP contribution is 2.37. The van der Waals surface area contributed by atoms with Gasteiger partial charge in [0.25, 0.3) is 0 Å². The van der Waals surface area contributed by atoms with Gasteiger partial charge in [0.05, 0.1) is 18.2 Å². The fourth-order valence-electron chi connectivity index (χ4n) is 3.94. The van der Waals surface area contributed by atoms with Crippen LogP contribution in [0.5, 0.6) is 0 Å². The van der Waals surface area contributed by atoms with Crippen LogP contribution in [0.15, 0.2) is 54.7 Å². The maximum Gasteiger partial charge on any atom is 0.227 e. The quantitative estimate of drug-likeness (QED) is 0.699. The smallest absolute Gasteiger partial charge is 0.227 e. The standard InChI is InChI=1S/C23H22F2N4O/c24-16-10-8-15(9-11-16)13-21(30)29-12-4-3-7-20(29)22-18(14-27-23(26)28-22)17-5-1-2-6-19(17)25/h1-2,5-6,8-11,14,20H,3-4,7,12-13H2,(H2,26,27,28)/t20-/m0/s1. The molecular formula is C23H22F2N4O. The van der Waals surface area contributed by atoms with Crippen molar-refractivity contribution in [2.24, 2.45) is 0 Å². The number of carbonyl (C=O) groups excluding carboxylic acids is 1. The van der Waals surface area contributed by atoms with E-state index in [1.54, 1.807) is 35.2 Å². The van der Waals surface area contributed by atoms with Crippen LogP contribution in [0.3, 0.4) is 0 Å². The summed E-state index contributed by atoms with van der Waals surface area (Å²) >= 11 is 0. The summed E-state index contributed by atoms with van der Waals surface area (Å²) in [5, 5.41) is 0. The molecule has 3 aromatic rings. The van der Waals surface area contributed by atoms with Crippen LogP contribution in [0.1, 0.15) is 36.6 Å². The Morgan fingerprint density at radius 1 is 1.07 bits per heavy atom. The summed E-state index contributed by atoms with van der Waals surface area (Å²) in [6.45, 7) is 0.575. The van der Waals surface area contributed by atoms with Gasteiger partial charge in [-0.25, -0.2) is 18.7 Å². The minimum absolute atomic E-state index is 0.0806. The molecule has 1 fully saturated rings. The summed E-state index contributed by atoms with van der Waals surface area (Å²) in [4.78, 5) is 23.4. The lowest BCUT2D eigenvalue weighted by atomic mass is 9.93. The molecule has 7 heteroatoms. The van der Waals surface area contributed by atoms with E-state index in [1.807, 2.05) is 0 Å². The Morgan fingerprint density at radius 3 is 2.60 bits per heavy atom. The fraction of sp³-hybridized carbons (Fsp3) is 0.261. The number of carbonyl (C=O) groups is 1. The number of anilines is 1. The molecule has 0 radical (unpaired) electrons. The van der Waals surface area contributed by atoms with Crippen LogP contribution >= 0.6 is 0 Å². The van der Waals surface area contributed by atoms with E-state index in [9.17, 15) is 13.6 Å². The third kappa shape index (κ3) is 4.15. The maximum atomic E-state index is 14.5. The number of hydrogen-bond donors (Lipinski definition) is 1. The number of halogens is 2. The molecule has 2 aromatic carbocycles. The van der Waals surface area contributed by atoms with Gasteiger partial charge in [0.2, 0.25) is 11.9 Å². The summed E-state index contributed by atoms with van der Waals surface area (Å²) in [7, 11) is 0. The Bertz CT molecular complexity index is 1060. The molecule has 0 aliphatic carbocycles. The van der Waals surface area contributed by atoms with Crippen LogP contribution < -0.4 is 5.73 Å². The van der Waals surface area contributed by atoms with Crippen LogP contribution in [0.4, 0.5) is 14.7 Å². The number of aromatic nitrogens is 2. The molecule has 1 amide bonds. The van der Waals surface area contributed by atoms with Gasteiger partial charge in [-0.05, 0) is 43.0 Å². The second kappa shape index (κ2) is 8.57. The monoisotopic (exact) mass is 408 g/mol. The summed E-state index contributed by atoms with van der Waals surface area (Å²) in [6.07, 6.45) is 4.18. The zero-order chi connectivity index (χ0) is 21.1. The SMILES string of the molecule is Nc1ncc(-c2ccccc2F)c([C@@H]2CCCCN2C(=O)Cc2ccc(F)cc2)n1. The van der Waals surface area contributed by atoms with E-state index >= 15 is 0 Å². The first-order chi connectivity index (χ1) is 14.5. The Balaban J connectivity index is 1.69. The first kappa shape index (κ1) is 19.9. The van der Waals surface area contributed by atoms with Gasteiger partial charge >= 0.3 is 0 Å². The minimum Gasteiger partial charge on any atom is -0.368 e. The van der Waals surface area contributed by atoms with Crippen molar-refractivity contribution in [2.75, 3.05) is 12.3 Å². The van der Waals surface area contributed by atoms with Gasteiger partial charge in [-0.2, -0.15) is 0 Å². The van der Waals surface area contributed by atoms with Crippen molar-refractivity contribution < 1.29 is 13.6 Å². The number of piperidine rings is 1. The van der Waals surface area contributed by atoms with Crippen molar-refractivity contribution >= 4 is 11.9 Å². The molecule has 2 heterocycles. The van der Waals surface area contributed by atoms with Crippen LogP contribution in [0, 0.1) is 11.6 Å². The number of nitrogens with two attached hydrogens (primary N) is 1. The molecule has 30 heavy (non-hydrogen) atoms. The van der Waals surface area contributed by atoms with Crippen LogP contribution in [-0.4, -0.2) is 27.3 Å². The molecule has 4 rings (SSSR count). The van der Waals surface area contributed by atoms with Crippen molar-refractivity contribution in [3.63, 3.8) is 0 Å². The number of benzene rings is 2. The van der Waals surface area contributed by atoms with E-state index in [2.05, 4.69) is 9.97 Å². The second-order valence-electron chi connectivity index (χ2n) is 7.41. The minimum atomic E-state index is -0.382. The van der Waals surface area contributed by atoms with Gasteiger partial charge in [-0.3, -0.25) is 4.79 Å². The van der Waals surface area contributed by atoms with Crippen LogP contribution in [0.25, 0.3) is 11.1 Å². The summed E-state index contributed by atoms with van der Waals surface area (Å²) < 4.78 is 27.7. The maximum absolute atomic E-state index is 14.5. The molecule has 1 atom stereocenters. The van der Waals surface area contributed by atoms with Crippen molar-refractivity contribution in [2.45, 2.75) is 31.7 Å². The fourth-order valence-corrected chi connectivity index (χ4v) is 3.94. The predicted molar refractivity (Wildman–Crippen MR) is 110 cm³/mol. The topological polar surface area (TPSA) is 72.1 Å². The van der Waals surface area contributed by atoms with Gasteiger partial charge in [0, 0.05) is 23.9 Å². The molecule has 2 N–H and O–H groups in total. The number of likely N-dealkylation sites (tertiary alicyclic amines) is 1. The normalized spacial score (nSPS) is 16.5. The summed E-state index contributed by atoms with van der Waals surface area (Å²) in [6, 6.07) is 12.0. The first-order valence-electron chi connectivity index (χ1n) is 9.94. The van der Waals surface area contributed by atoms with E-state index in [4.69, 9.17) is 5.73 Å². The van der Waals surface area contributed by atoms with Crippen molar-refractivity contribution in [1.82, 2.24) is 14.9 Å². The number of amides is 1. The zero-order valence-corrected chi connectivity index (χ0v) is 16.4. The molecule has 5 nitrogen and oxygen atoms in total. The molecule has 0 saturated carbocycles. The number of nitrogen functional groups attached to an aromatic ring is 1. The van der Waals surface area contributed by atoms with Crippen LogP contribution in [0.2, 0.25) is 0 Å². The molecule has 1 aliphatic heterocycles. The van der Waals surface area contributed by atoms with Crippen LogP contribution in [-0.2, 0) is 11.2 Å². The Labute approximate surface area is 173 Å². The lowest BCUT2D eigenvalue weighted by Gasteiger charge is -2.36. The lowest BCUT2D eigenvalue weighted by molar-refractivity contribution is -0.134. The molecule has 154 valence electrons.